The van der Waals surface area contributed by atoms with Crippen LogP contribution >= 0.6 is 0 Å². The van der Waals surface area contributed by atoms with Gasteiger partial charge < -0.3 is 20.1 Å². The molecular formula is C27H32N2O5. The number of carbonyl (C=O) groups excluding carboxylic acids is 2. The fraction of sp³-hybridized carbons (Fsp3) is 0.444. The number of likely N-dealkylation sites (N-methyl/N-ethyl adjacent to an activating group) is 1. The maximum Gasteiger partial charge on any atom is 0.407 e. The number of aliphatic carboxylic acids is 1. The van der Waals surface area contributed by atoms with Crippen LogP contribution in [0.15, 0.2) is 48.5 Å². The molecule has 0 aromatic heterocycles. The predicted molar refractivity (Wildman–Crippen MR) is 129 cm³/mol. The van der Waals surface area contributed by atoms with Gasteiger partial charge in [0.05, 0.1) is 0 Å². The van der Waals surface area contributed by atoms with E-state index in [0.717, 1.165) is 35.1 Å². The Morgan fingerprint density at radius 1 is 1.06 bits per heavy atom. The smallest absolute Gasteiger partial charge is 0.407 e. The first-order chi connectivity index (χ1) is 16.4. The quantitative estimate of drug-likeness (QED) is 0.598. The average Bonchev–Trinajstić information content (AvgIpc) is 3.46. The molecule has 180 valence electrons. The standard InChI is InChI=1S/C27H32N2O5/c1-3-10-23(24(30)29(2)27(25(31)32)15-8-9-16-27)28-26(33)34-17-22-20-13-6-4-11-18(20)19-12-5-7-14-21(19)22/h4-7,11-14,22-23H,3,8-10,15-17H2,1-2H3,(H,28,33)(H,31,32). The molecule has 2 N–H and O–H groups in total. The number of nitrogens with one attached hydrogen (secondary N) is 1. The molecule has 7 nitrogen and oxygen atoms in total. The zero-order valence-electron chi connectivity index (χ0n) is 19.8. The Hall–Kier alpha value is -3.35. The Balaban J connectivity index is 1.44. The number of carbonyl (C=O) groups is 3. The zero-order chi connectivity index (χ0) is 24.3. The maximum atomic E-state index is 13.2. The van der Waals surface area contributed by atoms with Crippen LogP contribution < -0.4 is 5.32 Å². The maximum absolute atomic E-state index is 13.2. The van der Waals surface area contributed by atoms with Crippen molar-refractivity contribution in [3.05, 3.63) is 59.7 Å². The molecule has 34 heavy (non-hydrogen) atoms. The van der Waals surface area contributed by atoms with Crippen LogP contribution in [0.3, 0.4) is 0 Å². The molecule has 1 saturated carbocycles. The minimum Gasteiger partial charge on any atom is -0.479 e. The van der Waals surface area contributed by atoms with E-state index in [0.29, 0.717) is 25.7 Å². The van der Waals surface area contributed by atoms with Crippen molar-refractivity contribution in [1.82, 2.24) is 10.2 Å². The summed E-state index contributed by atoms with van der Waals surface area (Å²) in [7, 11) is 1.53. The van der Waals surface area contributed by atoms with E-state index in [-0.39, 0.29) is 18.4 Å². The highest BCUT2D eigenvalue weighted by atomic mass is 16.5. The lowest BCUT2D eigenvalue weighted by Gasteiger charge is -2.37. The highest BCUT2D eigenvalue weighted by Gasteiger charge is 2.48. The molecular weight excluding hydrogens is 432 g/mol. The van der Waals surface area contributed by atoms with Crippen LogP contribution in [0.4, 0.5) is 4.79 Å². The molecule has 4 rings (SSSR count). The zero-order valence-corrected chi connectivity index (χ0v) is 19.8. The Labute approximate surface area is 200 Å². The lowest BCUT2D eigenvalue weighted by atomic mass is 9.94. The third kappa shape index (κ3) is 4.27. The Bertz CT molecular complexity index is 1030. The number of hydrogen-bond donors (Lipinski definition) is 2. The summed E-state index contributed by atoms with van der Waals surface area (Å²) in [6.07, 6.45) is 2.78. The van der Waals surface area contributed by atoms with Crippen LogP contribution in [0.25, 0.3) is 11.1 Å². The van der Waals surface area contributed by atoms with Gasteiger partial charge in [0.1, 0.15) is 18.2 Å². The van der Waals surface area contributed by atoms with Crippen LogP contribution in [0.5, 0.6) is 0 Å². The van der Waals surface area contributed by atoms with Gasteiger partial charge in [-0.15, -0.1) is 0 Å². The molecule has 0 spiro atoms. The van der Waals surface area contributed by atoms with Crippen molar-refractivity contribution in [2.75, 3.05) is 13.7 Å². The molecule has 1 unspecified atom stereocenters. The fourth-order valence-corrected chi connectivity index (χ4v) is 5.43. The first-order valence-corrected chi connectivity index (χ1v) is 12.0. The number of carboxylic acid groups (broad SMARTS) is 1. The van der Waals surface area contributed by atoms with Crippen molar-refractivity contribution in [2.45, 2.75) is 62.9 Å². The Morgan fingerprint density at radius 3 is 2.15 bits per heavy atom. The summed E-state index contributed by atoms with van der Waals surface area (Å²) in [4.78, 5) is 39.3. The van der Waals surface area contributed by atoms with Crippen molar-refractivity contribution < 1.29 is 24.2 Å². The van der Waals surface area contributed by atoms with E-state index in [1.165, 1.54) is 11.9 Å². The van der Waals surface area contributed by atoms with Crippen molar-refractivity contribution in [2.24, 2.45) is 0 Å². The van der Waals surface area contributed by atoms with E-state index >= 15 is 0 Å². The topological polar surface area (TPSA) is 95.9 Å². The second kappa shape index (κ2) is 9.87. The number of amides is 2. The van der Waals surface area contributed by atoms with E-state index < -0.39 is 23.6 Å². The van der Waals surface area contributed by atoms with Crippen LogP contribution in [0.2, 0.25) is 0 Å². The van der Waals surface area contributed by atoms with E-state index in [1.807, 2.05) is 43.3 Å². The second-order valence-corrected chi connectivity index (χ2v) is 9.25. The summed E-state index contributed by atoms with van der Waals surface area (Å²) in [5.74, 6) is -1.45. The molecule has 2 aliphatic rings. The molecule has 2 aromatic carbocycles. The number of benzene rings is 2. The molecule has 0 aliphatic heterocycles. The van der Waals surface area contributed by atoms with Gasteiger partial charge in [0.2, 0.25) is 5.91 Å². The number of fused-ring (bicyclic) bond motifs is 3. The van der Waals surface area contributed by atoms with Gasteiger partial charge in [-0.25, -0.2) is 9.59 Å². The number of ether oxygens (including phenoxy) is 1. The SMILES string of the molecule is CCCC(NC(=O)OCC1c2ccccc2-c2ccccc21)C(=O)N(C)C1(C(=O)O)CCCC1. The van der Waals surface area contributed by atoms with Gasteiger partial charge in [-0.2, -0.15) is 0 Å². The Morgan fingerprint density at radius 2 is 1.62 bits per heavy atom. The highest BCUT2D eigenvalue weighted by molar-refractivity contribution is 5.91. The van der Waals surface area contributed by atoms with Gasteiger partial charge >= 0.3 is 12.1 Å². The van der Waals surface area contributed by atoms with Crippen molar-refractivity contribution in [3.63, 3.8) is 0 Å². The summed E-state index contributed by atoms with van der Waals surface area (Å²) >= 11 is 0. The molecule has 2 aromatic rings. The highest BCUT2D eigenvalue weighted by Crippen LogP contribution is 2.44. The largest absolute Gasteiger partial charge is 0.479 e. The van der Waals surface area contributed by atoms with Gasteiger partial charge in [-0.1, -0.05) is 74.7 Å². The molecule has 0 heterocycles. The van der Waals surface area contributed by atoms with Crippen LogP contribution in [0.1, 0.15) is 62.5 Å². The molecule has 2 aliphatic carbocycles. The predicted octanol–water partition coefficient (Wildman–Crippen LogP) is 4.55. The minimum atomic E-state index is -1.20. The lowest BCUT2D eigenvalue weighted by Crippen LogP contribution is -2.58. The first kappa shape index (κ1) is 23.8. The normalized spacial score (nSPS) is 16.9. The fourth-order valence-electron chi connectivity index (χ4n) is 5.43. The molecule has 0 saturated heterocycles. The number of nitrogens with zero attached hydrogens (tertiary/aromatic N) is 1. The first-order valence-electron chi connectivity index (χ1n) is 12.0. The number of carboxylic acids is 1. The third-order valence-corrected chi connectivity index (χ3v) is 7.31. The second-order valence-electron chi connectivity index (χ2n) is 9.25. The molecule has 7 heteroatoms. The minimum absolute atomic E-state index is 0.0741. The molecule has 1 fully saturated rings. The number of alkyl carbamates (subject to hydrolysis) is 1. The van der Waals surface area contributed by atoms with Gasteiger partial charge in [-0.3, -0.25) is 4.79 Å². The van der Waals surface area contributed by atoms with E-state index in [9.17, 15) is 19.5 Å². The van der Waals surface area contributed by atoms with Gasteiger partial charge in [0.25, 0.3) is 0 Å². The molecule has 0 bridgehead atoms. The number of hydrogen-bond acceptors (Lipinski definition) is 4. The van der Waals surface area contributed by atoms with E-state index in [4.69, 9.17) is 4.74 Å². The Kier molecular flexibility index (Phi) is 6.91. The monoisotopic (exact) mass is 464 g/mol. The van der Waals surface area contributed by atoms with Crippen molar-refractivity contribution in [3.8, 4) is 11.1 Å². The number of rotatable bonds is 8. The summed E-state index contributed by atoms with van der Waals surface area (Å²) in [5.41, 5.74) is 3.31. The van der Waals surface area contributed by atoms with Crippen LogP contribution in [-0.2, 0) is 14.3 Å². The average molecular weight is 465 g/mol. The van der Waals surface area contributed by atoms with E-state index in [1.54, 1.807) is 0 Å². The van der Waals surface area contributed by atoms with Gasteiger partial charge in [-0.05, 0) is 41.5 Å². The van der Waals surface area contributed by atoms with Crippen LogP contribution in [-0.4, -0.2) is 53.2 Å². The summed E-state index contributed by atoms with van der Waals surface area (Å²) < 4.78 is 5.61. The molecule has 0 radical (unpaired) electrons. The summed E-state index contributed by atoms with van der Waals surface area (Å²) in [5, 5.41) is 12.5. The van der Waals surface area contributed by atoms with Crippen LogP contribution in [0, 0.1) is 0 Å². The molecule has 1 atom stereocenters. The van der Waals surface area contributed by atoms with Gasteiger partial charge in [0.15, 0.2) is 0 Å². The van der Waals surface area contributed by atoms with Gasteiger partial charge in [0, 0.05) is 13.0 Å². The van der Waals surface area contributed by atoms with Crippen molar-refractivity contribution in [1.29, 1.82) is 0 Å². The van der Waals surface area contributed by atoms with E-state index in [2.05, 4.69) is 17.4 Å². The van der Waals surface area contributed by atoms with Crippen molar-refractivity contribution >= 4 is 18.0 Å². The lowest BCUT2D eigenvalue weighted by molar-refractivity contribution is -0.158. The third-order valence-electron chi connectivity index (χ3n) is 7.31. The molecule has 2 amide bonds. The summed E-state index contributed by atoms with van der Waals surface area (Å²) in [6, 6.07) is 15.4. The summed E-state index contributed by atoms with van der Waals surface area (Å²) in [6.45, 7) is 2.07.